The molecule has 0 aromatic rings. The minimum atomic E-state index is -0.792. The molecule has 3 aliphatic carbocycles. The van der Waals surface area contributed by atoms with Crippen LogP contribution in [0.25, 0.3) is 0 Å². The van der Waals surface area contributed by atoms with Gasteiger partial charge in [-0.3, -0.25) is 9.59 Å². The summed E-state index contributed by atoms with van der Waals surface area (Å²) in [6.45, 7) is 0.266. The van der Waals surface area contributed by atoms with Gasteiger partial charge in [0, 0.05) is 12.6 Å². The molecule has 0 spiro atoms. The Labute approximate surface area is 106 Å². The molecule has 1 amide bonds. The molecule has 3 fully saturated rings. The summed E-state index contributed by atoms with van der Waals surface area (Å²) in [6, 6.07) is -0.0243. The zero-order valence-corrected chi connectivity index (χ0v) is 10.4. The van der Waals surface area contributed by atoms with E-state index in [1.165, 1.54) is 0 Å². The maximum Gasteiger partial charge on any atom is 0.311 e. The lowest BCUT2D eigenvalue weighted by molar-refractivity contribution is -0.143. The molecule has 0 heterocycles. The quantitative estimate of drug-likeness (QED) is 0.672. The molecule has 0 saturated heterocycles. The van der Waals surface area contributed by atoms with E-state index in [0.29, 0.717) is 24.7 Å². The summed E-state index contributed by atoms with van der Waals surface area (Å²) >= 11 is 0. The predicted molar refractivity (Wildman–Crippen MR) is 64.6 cm³/mol. The highest BCUT2D eigenvalue weighted by atomic mass is 16.4. The summed E-state index contributed by atoms with van der Waals surface area (Å²) in [4.78, 5) is 23.2. The number of carboxylic acids is 1. The van der Waals surface area contributed by atoms with E-state index in [2.05, 4.69) is 5.32 Å². The number of hydrogen-bond acceptors (Lipinski definition) is 3. The van der Waals surface area contributed by atoms with Crippen LogP contribution in [0, 0.1) is 23.2 Å². The summed E-state index contributed by atoms with van der Waals surface area (Å²) in [6.07, 6.45) is 4.66. The fourth-order valence-electron chi connectivity index (χ4n) is 3.72. The number of aliphatic carboxylic acids is 1. The highest BCUT2D eigenvalue weighted by Crippen LogP contribution is 2.48. The Morgan fingerprint density at radius 3 is 2.44 bits per heavy atom. The van der Waals surface area contributed by atoms with Crippen molar-refractivity contribution in [2.24, 2.45) is 28.9 Å². The Morgan fingerprint density at radius 2 is 1.94 bits per heavy atom. The van der Waals surface area contributed by atoms with Gasteiger partial charge in [0.15, 0.2) is 0 Å². The van der Waals surface area contributed by atoms with Gasteiger partial charge in [0.25, 0.3) is 0 Å². The molecular weight excluding hydrogens is 232 g/mol. The molecule has 4 N–H and O–H groups in total. The third kappa shape index (κ3) is 1.72. The van der Waals surface area contributed by atoms with Crippen molar-refractivity contribution < 1.29 is 14.7 Å². The molecule has 3 saturated carbocycles. The number of nitrogens with one attached hydrogen (secondary N) is 1. The van der Waals surface area contributed by atoms with Crippen LogP contribution in [0.3, 0.4) is 0 Å². The SMILES string of the molecule is NC1C2CCC(C2)C1C(=O)NCC1(C(=O)O)CC1. The molecular formula is C13H20N2O3. The van der Waals surface area contributed by atoms with E-state index in [0.717, 1.165) is 19.3 Å². The minimum absolute atomic E-state index is 0.0243. The highest BCUT2D eigenvalue weighted by molar-refractivity contribution is 5.83. The summed E-state index contributed by atoms with van der Waals surface area (Å²) in [5.74, 6) is 0.0145. The number of carboxylic acid groups (broad SMARTS) is 1. The number of hydrogen-bond donors (Lipinski definition) is 3. The van der Waals surface area contributed by atoms with Crippen LogP contribution in [0.4, 0.5) is 0 Å². The molecule has 4 unspecified atom stereocenters. The van der Waals surface area contributed by atoms with Gasteiger partial charge in [-0.15, -0.1) is 0 Å². The average molecular weight is 252 g/mol. The fourth-order valence-corrected chi connectivity index (χ4v) is 3.72. The van der Waals surface area contributed by atoms with Gasteiger partial charge in [-0.05, 0) is 43.9 Å². The zero-order chi connectivity index (χ0) is 12.9. The second kappa shape index (κ2) is 3.95. The third-order valence-corrected chi connectivity index (χ3v) is 5.19. The van der Waals surface area contributed by atoms with Crippen molar-refractivity contribution >= 4 is 11.9 Å². The number of amides is 1. The van der Waals surface area contributed by atoms with Crippen LogP contribution < -0.4 is 11.1 Å². The van der Waals surface area contributed by atoms with Crippen molar-refractivity contribution in [3.05, 3.63) is 0 Å². The Balaban J connectivity index is 1.58. The molecule has 0 aromatic carbocycles. The van der Waals surface area contributed by atoms with Gasteiger partial charge < -0.3 is 16.2 Å². The molecule has 5 nitrogen and oxygen atoms in total. The number of carbonyl (C=O) groups excluding carboxylic acids is 1. The van der Waals surface area contributed by atoms with E-state index in [1.807, 2.05) is 0 Å². The van der Waals surface area contributed by atoms with E-state index in [1.54, 1.807) is 0 Å². The van der Waals surface area contributed by atoms with E-state index in [9.17, 15) is 9.59 Å². The van der Waals surface area contributed by atoms with Gasteiger partial charge in [0.1, 0.15) is 0 Å². The van der Waals surface area contributed by atoms with Crippen LogP contribution in [0.1, 0.15) is 32.1 Å². The van der Waals surface area contributed by atoms with Crippen LogP contribution in [0.5, 0.6) is 0 Å². The van der Waals surface area contributed by atoms with Gasteiger partial charge in [-0.25, -0.2) is 0 Å². The largest absolute Gasteiger partial charge is 0.481 e. The smallest absolute Gasteiger partial charge is 0.311 e. The number of carbonyl (C=O) groups is 2. The summed E-state index contributed by atoms with van der Waals surface area (Å²) in [5.41, 5.74) is 5.42. The van der Waals surface area contributed by atoms with Crippen LogP contribution in [0.2, 0.25) is 0 Å². The fraction of sp³-hybridized carbons (Fsp3) is 0.846. The van der Waals surface area contributed by atoms with Gasteiger partial charge in [-0.2, -0.15) is 0 Å². The first kappa shape index (κ1) is 12.0. The first-order valence-corrected chi connectivity index (χ1v) is 6.80. The summed E-state index contributed by atoms with van der Waals surface area (Å²) in [5, 5.41) is 11.9. The van der Waals surface area contributed by atoms with Crippen LogP contribution in [-0.2, 0) is 9.59 Å². The second-order valence-corrected chi connectivity index (χ2v) is 6.24. The second-order valence-electron chi connectivity index (χ2n) is 6.24. The number of nitrogens with two attached hydrogens (primary N) is 1. The molecule has 0 aromatic heterocycles. The monoisotopic (exact) mass is 252 g/mol. The van der Waals surface area contributed by atoms with Gasteiger partial charge >= 0.3 is 5.97 Å². The molecule has 3 rings (SSSR count). The maximum absolute atomic E-state index is 12.2. The molecule has 18 heavy (non-hydrogen) atoms. The Morgan fingerprint density at radius 1 is 1.28 bits per heavy atom. The van der Waals surface area contributed by atoms with E-state index in [4.69, 9.17) is 10.8 Å². The minimum Gasteiger partial charge on any atom is -0.481 e. The first-order chi connectivity index (χ1) is 8.53. The molecule has 2 bridgehead atoms. The lowest BCUT2D eigenvalue weighted by Crippen LogP contribution is -2.47. The maximum atomic E-state index is 12.2. The van der Waals surface area contributed by atoms with Gasteiger partial charge in [0.05, 0.1) is 11.3 Å². The van der Waals surface area contributed by atoms with Crippen LogP contribution >= 0.6 is 0 Å². The van der Waals surface area contributed by atoms with E-state index < -0.39 is 11.4 Å². The van der Waals surface area contributed by atoms with Crippen LogP contribution in [0.15, 0.2) is 0 Å². The lowest BCUT2D eigenvalue weighted by Gasteiger charge is -2.27. The highest BCUT2D eigenvalue weighted by Gasteiger charge is 2.52. The van der Waals surface area contributed by atoms with Crippen molar-refractivity contribution in [3.63, 3.8) is 0 Å². The zero-order valence-electron chi connectivity index (χ0n) is 10.4. The number of fused-ring (bicyclic) bond motifs is 2. The first-order valence-electron chi connectivity index (χ1n) is 6.80. The number of rotatable bonds is 4. The molecule has 5 heteroatoms. The molecule has 4 atom stereocenters. The normalized spacial score (nSPS) is 39.6. The van der Waals surface area contributed by atoms with E-state index in [-0.39, 0.29) is 24.4 Å². The molecule has 0 radical (unpaired) electrons. The third-order valence-electron chi connectivity index (χ3n) is 5.19. The summed E-state index contributed by atoms with van der Waals surface area (Å²) < 4.78 is 0. The van der Waals surface area contributed by atoms with Gasteiger partial charge in [0.2, 0.25) is 5.91 Å². The Kier molecular flexibility index (Phi) is 2.62. The van der Waals surface area contributed by atoms with Crippen molar-refractivity contribution in [1.29, 1.82) is 0 Å². The average Bonchev–Trinajstić information content (AvgIpc) is 2.89. The van der Waals surface area contributed by atoms with Crippen molar-refractivity contribution in [3.8, 4) is 0 Å². The Bertz CT molecular complexity index is 390. The molecule has 100 valence electrons. The topological polar surface area (TPSA) is 92.4 Å². The molecule has 3 aliphatic rings. The predicted octanol–water partition coefficient (Wildman–Crippen LogP) is 0.341. The molecule has 0 aliphatic heterocycles. The standard InChI is InChI=1S/C13H20N2O3/c14-10-8-2-1-7(5-8)9(10)11(16)15-6-13(3-4-13)12(17)18/h7-10H,1-6,14H2,(H,15,16)(H,17,18). The lowest BCUT2D eigenvalue weighted by atomic mass is 9.84. The van der Waals surface area contributed by atoms with Crippen molar-refractivity contribution in [1.82, 2.24) is 5.32 Å². The summed E-state index contributed by atoms with van der Waals surface area (Å²) in [7, 11) is 0. The van der Waals surface area contributed by atoms with Crippen molar-refractivity contribution in [2.75, 3.05) is 6.54 Å². The Hall–Kier alpha value is -1.10. The van der Waals surface area contributed by atoms with Crippen molar-refractivity contribution in [2.45, 2.75) is 38.1 Å². The van der Waals surface area contributed by atoms with Gasteiger partial charge in [-0.1, -0.05) is 0 Å². The van der Waals surface area contributed by atoms with Crippen LogP contribution in [-0.4, -0.2) is 29.6 Å². The van der Waals surface area contributed by atoms with E-state index >= 15 is 0 Å².